The lowest BCUT2D eigenvalue weighted by Gasteiger charge is -2.23. The Morgan fingerprint density at radius 2 is 2.16 bits per heavy atom. The molecule has 1 heterocycles. The molecule has 1 aliphatic rings. The van der Waals surface area contributed by atoms with Gasteiger partial charge in [-0.1, -0.05) is 13.8 Å². The summed E-state index contributed by atoms with van der Waals surface area (Å²) in [7, 11) is 0. The van der Waals surface area contributed by atoms with Gasteiger partial charge in [-0.15, -0.1) is 0 Å². The second-order valence-electron chi connectivity index (χ2n) is 5.89. The number of rotatable bonds is 7. The summed E-state index contributed by atoms with van der Waals surface area (Å²) in [5, 5.41) is 12.4. The average molecular weight is 288 g/mol. The van der Waals surface area contributed by atoms with Crippen LogP contribution in [0.3, 0.4) is 0 Å². The van der Waals surface area contributed by atoms with E-state index in [4.69, 9.17) is 0 Å². The van der Waals surface area contributed by atoms with Gasteiger partial charge >= 0.3 is 0 Å². The van der Waals surface area contributed by atoms with E-state index < -0.39 is 0 Å². The zero-order valence-corrected chi connectivity index (χ0v) is 13.4. The first-order valence-corrected chi connectivity index (χ1v) is 8.43. The standard InChI is InChI=1S/C14H28N2O2S/c1-10(2)7-16-6-5-12(8-16)14(18)15-11(3)13(9-17)19-4/h10-13,17H,5-9H2,1-4H3,(H,15,18). The normalized spacial score (nSPS) is 23.6. The highest BCUT2D eigenvalue weighted by Gasteiger charge is 2.30. The van der Waals surface area contributed by atoms with E-state index in [9.17, 15) is 9.90 Å². The molecule has 19 heavy (non-hydrogen) atoms. The smallest absolute Gasteiger partial charge is 0.224 e. The number of nitrogens with zero attached hydrogens (tertiary/aromatic N) is 1. The fourth-order valence-electron chi connectivity index (χ4n) is 2.60. The van der Waals surface area contributed by atoms with Crippen LogP contribution in [0.1, 0.15) is 27.2 Å². The molecule has 4 nitrogen and oxygen atoms in total. The number of nitrogens with one attached hydrogen (secondary N) is 1. The number of hydrogen-bond acceptors (Lipinski definition) is 4. The fourth-order valence-corrected chi connectivity index (χ4v) is 3.23. The van der Waals surface area contributed by atoms with Gasteiger partial charge in [0, 0.05) is 24.4 Å². The number of likely N-dealkylation sites (tertiary alicyclic amines) is 1. The van der Waals surface area contributed by atoms with Gasteiger partial charge in [0.05, 0.1) is 12.5 Å². The number of aliphatic hydroxyl groups excluding tert-OH is 1. The maximum absolute atomic E-state index is 12.2. The molecule has 0 radical (unpaired) electrons. The zero-order valence-electron chi connectivity index (χ0n) is 12.6. The third-order valence-corrected chi connectivity index (χ3v) is 4.84. The van der Waals surface area contributed by atoms with E-state index in [2.05, 4.69) is 24.1 Å². The average Bonchev–Trinajstić information content (AvgIpc) is 2.78. The van der Waals surface area contributed by atoms with Gasteiger partial charge in [-0.25, -0.2) is 0 Å². The predicted molar refractivity (Wildman–Crippen MR) is 81.4 cm³/mol. The van der Waals surface area contributed by atoms with Crippen LogP contribution < -0.4 is 5.32 Å². The SMILES string of the molecule is CSC(CO)C(C)NC(=O)C1CCN(CC(C)C)C1. The molecule has 3 unspecified atom stereocenters. The maximum Gasteiger partial charge on any atom is 0.224 e. The zero-order chi connectivity index (χ0) is 14.4. The van der Waals surface area contributed by atoms with E-state index in [0.29, 0.717) is 5.92 Å². The molecule has 1 rings (SSSR count). The first-order valence-electron chi connectivity index (χ1n) is 7.14. The van der Waals surface area contributed by atoms with Gasteiger partial charge in [0.1, 0.15) is 0 Å². The van der Waals surface area contributed by atoms with Crippen molar-refractivity contribution in [2.75, 3.05) is 32.5 Å². The number of amides is 1. The largest absolute Gasteiger partial charge is 0.395 e. The van der Waals surface area contributed by atoms with Crippen molar-refractivity contribution in [3.05, 3.63) is 0 Å². The van der Waals surface area contributed by atoms with Crippen molar-refractivity contribution in [1.82, 2.24) is 10.2 Å². The Morgan fingerprint density at radius 1 is 1.47 bits per heavy atom. The maximum atomic E-state index is 12.2. The second-order valence-corrected chi connectivity index (χ2v) is 6.97. The van der Waals surface area contributed by atoms with E-state index >= 15 is 0 Å². The lowest BCUT2D eigenvalue weighted by molar-refractivity contribution is -0.125. The summed E-state index contributed by atoms with van der Waals surface area (Å²) in [4.78, 5) is 14.6. The van der Waals surface area contributed by atoms with Crippen molar-refractivity contribution in [1.29, 1.82) is 0 Å². The molecule has 0 aromatic rings. The summed E-state index contributed by atoms with van der Waals surface area (Å²) >= 11 is 1.60. The number of aliphatic hydroxyl groups is 1. The predicted octanol–water partition coefficient (Wildman–Crippen LogP) is 1.19. The van der Waals surface area contributed by atoms with Crippen LogP contribution >= 0.6 is 11.8 Å². The molecule has 1 fully saturated rings. The fraction of sp³-hybridized carbons (Fsp3) is 0.929. The molecule has 3 atom stereocenters. The summed E-state index contributed by atoms with van der Waals surface area (Å²) < 4.78 is 0. The first kappa shape index (κ1) is 16.8. The van der Waals surface area contributed by atoms with Gasteiger partial charge in [0.15, 0.2) is 0 Å². The van der Waals surface area contributed by atoms with E-state index in [1.807, 2.05) is 13.2 Å². The van der Waals surface area contributed by atoms with Gasteiger partial charge in [-0.2, -0.15) is 11.8 Å². The van der Waals surface area contributed by atoms with Crippen LogP contribution in [0, 0.1) is 11.8 Å². The molecule has 112 valence electrons. The lowest BCUT2D eigenvalue weighted by Crippen LogP contribution is -2.44. The summed E-state index contributed by atoms with van der Waals surface area (Å²) in [6, 6.07) is 0.0200. The van der Waals surface area contributed by atoms with Crippen molar-refractivity contribution in [2.45, 2.75) is 38.5 Å². The van der Waals surface area contributed by atoms with Gasteiger partial charge in [0.2, 0.25) is 5.91 Å². The Hall–Kier alpha value is -0.260. The molecule has 1 saturated heterocycles. The highest BCUT2D eigenvalue weighted by atomic mass is 32.2. The third kappa shape index (κ3) is 5.32. The van der Waals surface area contributed by atoms with Crippen LogP contribution in [-0.4, -0.2) is 59.7 Å². The minimum Gasteiger partial charge on any atom is -0.395 e. The van der Waals surface area contributed by atoms with Crippen LogP contribution in [0.5, 0.6) is 0 Å². The summed E-state index contributed by atoms with van der Waals surface area (Å²) in [5.41, 5.74) is 0. The molecule has 0 aromatic carbocycles. The molecule has 5 heteroatoms. The highest BCUT2D eigenvalue weighted by molar-refractivity contribution is 7.99. The van der Waals surface area contributed by atoms with Crippen molar-refractivity contribution in [3.63, 3.8) is 0 Å². The third-order valence-electron chi connectivity index (χ3n) is 3.68. The molecule has 2 N–H and O–H groups in total. The van der Waals surface area contributed by atoms with Gasteiger partial charge in [-0.3, -0.25) is 4.79 Å². The quantitative estimate of drug-likeness (QED) is 0.739. The molecule has 1 aliphatic heterocycles. The topological polar surface area (TPSA) is 52.6 Å². The van der Waals surface area contributed by atoms with Crippen LogP contribution in [0.2, 0.25) is 0 Å². The Labute approximate surface area is 121 Å². The van der Waals surface area contributed by atoms with Crippen molar-refractivity contribution < 1.29 is 9.90 Å². The molecule has 0 spiro atoms. The Balaban J connectivity index is 2.38. The van der Waals surface area contributed by atoms with Gasteiger partial charge < -0.3 is 15.3 Å². The summed E-state index contributed by atoms with van der Waals surface area (Å²) in [6.07, 6.45) is 2.91. The van der Waals surface area contributed by atoms with E-state index in [-0.39, 0.29) is 29.7 Å². The van der Waals surface area contributed by atoms with Gasteiger partial charge in [-0.05, 0) is 32.1 Å². The van der Waals surface area contributed by atoms with Crippen LogP contribution in [0.25, 0.3) is 0 Å². The number of hydrogen-bond donors (Lipinski definition) is 2. The highest BCUT2D eigenvalue weighted by Crippen LogP contribution is 2.18. The number of carbonyl (C=O) groups excluding carboxylic acids is 1. The van der Waals surface area contributed by atoms with E-state index in [1.165, 1.54) is 0 Å². The van der Waals surface area contributed by atoms with E-state index in [1.54, 1.807) is 11.8 Å². The minimum absolute atomic E-state index is 0.0200. The molecule has 0 saturated carbocycles. The molecule has 0 bridgehead atoms. The summed E-state index contributed by atoms with van der Waals surface area (Å²) in [5.74, 6) is 0.907. The van der Waals surface area contributed by atoms with Crippen molar-refractivity contribution in [3.8, 4) is 0 Å². The number of carbonyl (C=O) groups is 1. The van der Waals surface area contributed by atoms with Crippen molar-refractivity contribution >= 4 is 17.7 Å². The molecule has 0 aliphatic carbocycles. The Morgan fingerprint density at radius 3 is 2.68 bits per heavy atom. The second kappa shape index (κ2) is 8.12. The van der Waals surface area contributed by atoms with Crippen LogP contribution in [0.15, 0.2) is 0 Å². The van der Waals surface area contributed by atoms with E-state index in [0.717, 1.165) is 26.1 Å². The van der Waals surface area contributed by atoms with Crippen LogP contribution in [-0.2, 0) is 4.79 Å². The van der Waals surface area contributed by atoms with Gasteiger partial charge in [0.25, 0.3) is 0 Å². The summed E-state index contributed by atoms with van der Waals surface area (Å²) in [6.45, 7) is 9.46. The minimum atomic E-state index is 0.0200. The molecular weight excluding hydrogens is 260 g/mol. The Bertz CT molecular complexity index is 283. The Kier molecular flexibility index (Phi) is 7.18. The monoisotopic (exact) mass is 288 g/mol. The van der Waals surface area contributed by atoms with Crippen molar-refractivity contribution in [2.24, 2.45) is 11.8 Å². The lowest BCUT2D eigenvalue weighted by atomic mass is 10.1. The molecule has 0 aromatic heterocycles. The van der Waals surface area contributed by atoms with Crippen LogP contribution in [0.4, 0.5) is 0 Å². The molecular formula is C14H28N2O2S. The first-order chi connectivity index (χ1) is 8.97. The number of thioether (sulfide) groups is 1. The molecule has 1 amide bonds.